The highest BCUT2D eigenvalue weighted by atomic mass is 19.3. The molecule has 0 aliphatic heterocycles. The van der Waals surface area contributed by atoms with Crippen LogP contribution in [-0.4, -0.2) is 36.3 Å². The summed E-state index contributed by atoms with van der Waals surface area (Å²) in [6.45, 7) is 0.105. The molecule has 0 aromatic heterocycles. The molecule has 0 saturated heterocycles. The highest BCUT2D eigenvalue weighted by molar-refractivity contribution is 4.81. The Labute approximate surface area is 117 Å². The summed E-state index contributed by atoms with van der Waals surface area (Å²) in [7, 11) is 0. The summed E-state index contributed by atoms with van der Waals surface area (Å²) in [5, 5.41) is 9.27. The van der Waals surface area contributed by atoms with Crippen LogP contribution in [0.1, 0.15) is 51.9 Å². The lowest BCUT2D eigenvalue weighted by Crippen LogP contribution is -2.41. The molecule has 6 heteroatoms. The summed E-state index contributed by atoms with van der Waals surface area (Å²) in [5.74, 6) is -6.78. The quantitative estimate of drug-likeness (QED) is 0.542. The first kappa shape index (κ1) is 17.7. The van der Waals surface area contributed by atoms with Crippen LogP contribution in [0.15, 0.2) is 0 Å². The molecule has 20 heavy (non-hydrogen) atoms. The molecular formula is C14H24F4O2. The number of ether oxygens (including phenoxy) is 1. The molecule has 2 nitrogen and oxygen atoms in total. The minimum absolute atomic E-state index is 0.292. The van der Waals surface area contributed by atoms with E-state index in [4.69, 9.17) is 4.74 Å². The molecule has 0 heterocycles. The van der Waals surface area contributed by atoms with E-state index in [1.165, 1.54) is 19.3 Å². The van der Waals surface area contributed by atoms with Crippen molar-refractivity contribution in [1.29, 1.82) is 0 Å². The van der Waals surface area contributed by atoms with E-state index in [1.54, 1.807) is 0 Å². The van der Waals surface area contributed by atoms with Crippen LogP contribution in [0.3, 0.4) is 0 Å². The Morgan fingerprint density at radius 2 is 1.75 bits per heavy atom. The Balaban J connectivity index is 2.19. The summed E-state index contributed by atoms with van der Waals surface area (Å²) < 4.78 is 56.7. The molecule has 0 radical (unpaired) electrons. The van der Waals surface area contributed by atoms with Crippen LogP contribution in [0.2, 0.25) is 0 Å². The van der Waals surface area contributed by atoms with Gasteiger partial charge in [0, 0.05) is 6.61 Å². The minimum Gasteiger partial charge on any atom is -0.384 e. The first-order valence-corrected chi connectivity index (χ1v) is 7.22. The van der Waals surface area contributed by atoms with E-state index < -0.39 is 31.0 Å². The minimum atomic E-state index is -3.83. The zero-order valence-corrected chi connectivity index (χ0v) is 11.9. The molecule has 0 aromatic carbocycles. The van der Waals surface area contributed by atoms with Crippen molar-refractivity contribution >= 4 is 0 Å². The van der Waals surface area contributed by atoms with Crippen molar-refractivity contribution in [1.82, 2.24) is 0 Å². The van der Waals surface area contributed by atoms with E-state index in [0.717, 1.165) is 19.3 Å². The second-order valence-electron chi connectivity index (χ2n) is 5.89. The van der Waals surface area contributed by atoms with E-state index in [2.05, 4.69) is 0 Å². The average Bonchev–Trinajstić information content (AvgIpc) is 2.32. The number of hydrogen-bond acceptors (Lipinski definition) is 2. The fourth-order valence-electron chi connectivity index (χ4n) is 2.57. The van der Waals surface area contributed by atoms with Gasteiger partial charge in [0.1, 0.15) is 6.10 Å². The maximum absolute atomic E-state index is 13.3. The molecule has 1 atom stereocenters. The predicted octanol–water partition coefficient (Wildman–Crippen LogP) is 4.01. The number of aliphatic hydroxyl groups excluding tert-OH is 1. The van der Waals surface area contributed by atoms with Crippen LogP contribution in [0.4, 0.5) is 17.6 Å². The molecule has 1 aliphatic carbocycles. The normalized spacial score (nSPS) is 20.1. The Hall–Kier alpha value is -0.360. The predicted molar refractivity (Wildman–Crippen MR) is 68.2 cm³/mol. The number of rotatable bonds is 8. The zero-order chi connectivity index (χ0) is 15.2. The standard InChI is InChI=1S/C14H24F4O2/c1-13(15,16)10-14(17,18)12(19)9-20-8-7-11-5-3-2-4-6-11/h11-12,19H,2-10H2,1H3. The lowest BCUT2D eigenvalue weighted by molar-refractivity contribution is -0.175. The zero-order valence-electron chi connectivity index (χ0n) is 11.9. The lowest BCUT2D eigenvalue weighted by atomic mass is 9.87. The summed E-state index contributed by atoms with van der Waals surface area (Å²) >= 11 is 0. The van der Waals surface area contributed by atoms with Crippen LogP contribution in [0.5, 0.6) is 0 Å². The van der Waals surface area contributed by atoms with Crippen LogP contribution in [0.25, 0.3) is 0 Å². The van der Waals surface area contributed by atoms with Crippen molar-refractivity contribution in [2.75, 3.05) is 13.2 Å². The van der Waals surface area contributed by atoms with Crippen molar-refractivity contribution in [3.05, 3.63) is 0 Å². The van der Waals surface area contributed by atoms with Crippen LogP contribution in [0, 0.1) is 5.92 Å². The van der Waals surface area contributed by atoms with Crippen molar-refractivity contribution in [2.24, 2.45) is 5.92 Å². The third-order valence-electron chi connectivity index (χ3n) is 3.70. The maximum Gasteiger partial charge on any atom is 0.281 e. The number of alkyl halides is 4. The van der Waals surface area contributed by atoms with Crippen molar-refractivity contribution in [3.8, 4) is 0 Å². The third-order valence-corrected chi connectivity index (χ3v) is 3.70. The Kier molecular flexibility index (Phi) is 6.72. The summed E-state index contributed by atoms with van der Waals surface area (Å²) in [6.07, 6.45) is 2.82. The van der Waals surface area contributed by atoms with Gasteiger partial charge in [0.2, 0.25) is 0 Å². The summed E-state index contributed by atoms with van der Waals surface area (Å²) in [6, 6.07) is 0. The monoisotopic (exact) mass is 300 g/mol. The highest BCUT2D eigenvalue weighted by Crippen LogP contribution is 2.33. The lowest BCUT2D eigenvalue weighted by Gasteiger charge is -2.25. The van der Waals surface area contributed by atoms with Gasteiger partial charge in [-0.2, -0.15) is 0 Å². The van der Waals surface area contributed by atoms with Crippen molar-refractivity contribution in [2.45, 2.75) is 69.8 Å². The molecule has 1 N–H and O–H groups in total. The van der Waals surface area contributed by atoms with Crippen molar-refractivity contribution in [3.63, 3.8) is 0 Å². The van der Waals surface area contributed by atoms with Gasteiger partial charge in [-0.05, 0) is 19.3 Å². The molecule has 1 unspecified atom stereocenters. The Morgan fingerprint density at radius 1 is 1.15 bits per heavy atom. The van der Waals surface area contributed by atoms with Crippen LogP contribution < -0.4 is 0 Å². The van der Waals surface area contributed by atoms with Gasteiger partial charge in [-0.15, -0.1) is 0 Å². The summed E-state index contributed by atoms with van der Waals surface area (Å²) in [4.78, 5) is 0. The largest absolute Gasteiger partial charge is 0.384 e. The van der Waals surface area contributed by atoms with Crippen LogP contribution in [-0.2, 0) is 4.74 Å². The third kappa shape index (κ3) is 6.88. The number of halogens is 4. The molecular weight excluding hydrogens is 276 g/mol. The van der Waals surface area contributed by atoms with Gasteiger partial charge >= 0.3 is 0 Å². The maximum atomic E-state index is 13.3. The van der Waals surface area contributed by atoms with Gasteiger partial charge in [0.05, 0.1) is 13.0 Å². The van der Waals surface area contributed by atoms with Gasteiger partial charge < -0.3 is 9.84 Å². The van der Waals surface area contributed by atoms with Gasteiger partial charge in [-0.1, -0.05) is 32.1 Å². The van der Waals surface area contributed by atoms with Gasteiger partial charge in [0.25, 0.3) is 11.8 Å². The second kappa shape index (κ2) is 7.59. The molecule has 1 fully saturated rings. The molecule has 0 bridgehead atoms. The summed E-state index contributed by atoms with van der Waals surface area (Å²) in [5.41, 5.74) is 0. The van der Waals surface area contributed by atoms with E-state index in [0.29, 0.717) is 19.4 Å². The van der Waals surface area contributed by atoms with Crippen molar-refractivity contribution < 1.29 is 27.4 Å². The number of hydrogen-bond donors (Lipinski definition) is 1. The van der Waals surface area contributed by atoms with Gasteiger partial charge in [-0.25, -0.2) is 17.6 Å². The Morgan fingerprint density at radius 3 is 2.30 bits per heavy atom. The topological polar surface area (TPSA) is 29.5 Å². The first-order chi connectivity index (χ1) is 9.21. The molecule has 1 aliphatic rings. The molecule has 0 aromatic rings. The average molecular weight is 300 g/mol. The fourth-order valence-corrected chi connectivity index (χ4v) is 2.57. The molecule has 0 amide bonds. The van der Waals surface area contributed by atoms with Gasteiger partial charge in [-0.3, -0.25) is 0 Å². The smallest absolute Gasteiger partial charge is 0.281 e. The Bertz CT molecular complexity index is 273. The molecule has 120 valence electrons. The van der Waals surface area contributed by atoms with E-state index in [9.17, 15) is 22.7 Å². The molecule has 0 spiro atoms. The van der Waals surface area contributed by atoms with E-state index in [-0.39, 0.29) is 0 Å². The highest BCUT2D eigenvalue weighted by Gasteiger charge is 2.45. The number of aliphatic hydroxyl groups is 1. The first-order valence-electron chi connectivity index (χ1n) is 7.22. The fraction of sp³-hybridized carbons (Fsp3) is 1.00. The SMILES string of the molecule is CC(F)(F)CC(F)(F)C(O)COCCC1CCCCC1. The van der Waals surface area contributed by atoms with Gasteiger partial charge in [0.15, 0.2) is 0 Å². The van der Waals surface area contributed by atoms with Crippen LogP contribution >= 0.6 is 0 Å². The molecule has 1 saturated carbocycles. The molecule has 1 rings (SSSR count). The van der Waals surface area contributed by atoms with E-state index in [1.807, 2.05) is 0 Å². The van der Waals surface area contributed by atoms with E-state index >= 15 is 0 Å². The second-order valence-corrected chi connectivity index (χ2v) is 5.89.